The van der Waals surface area contributed by atoms with Gasteiger partial charge in [-0.25, -0.2) is 4.98 Å². The molecular formula is C22H23BrN4O2. The predicted molar refractivity (Wildman–Crippen MR) is 123 cm³/mol. The molecule has 0 N–H and O–H groups in total. The van der Waals surface area contributed by atoms with Crippen molar-refractivity contribution in [3.8, 4) is 5.75 Å². The van der Waals surface area contributed by atoms with E-state index < -0.39 is 0 Å². The zero-order chi connectivity index (χ0) is 21.0. The van der Waals surface area contributed by atoms with Gasteiger partial charge in [-0.1, -0.05) is 35.5 Å². The first-order chi connectivity index (χ1) is 13.9. The van der Waals surface area contributed by atoms with Crippen LogP contribution in [0.25, 0.3) is 10.9 Å². The van der Waals surface area contributed by atoms with Gasteiger partial charge >= 0.3 is 0 Å². The molecule has 0 spiro atoms. The van der Waals surface area contributed by atoms with E-state index in [4.69, 9.17) is 4.74 Å². The van der Waals surface area contributed by atoms with E-state index in [-0.39, 0.29) is 5.56 Å². The average Bonchev–Trinajstić information content (AvgIpc) is 2.72. The molecule has 0 bridgehead atoms. The Kier molecular flexibility index (Phi) is 6.49. The summed E-state index contributed by atoms with van der Waals surface area (Å²) in [7, 11) is 3.93. The standard InChI is InChI=1S/C22H23BrN4O2/c1-5-11-29-20-13-17(26(3)4)9-7-15(20)14-24-27-21(6-2)25-19-10-8-16(23)12-18(19)22(27)28/h5,7-10,12-14H,1,6,11H2,2-4H3. The van der Waals surface area contributed by atoms with Gasteiger partial charge in [0.25, 0.3) is 5.56 Å². The summed E-state index contributed by atoms with van der Waals surface area (Å²) < 4.78 is 7.97. The lowest BCUT2D eigenvalue weighted by Crippen LogP contribution is -2.22. The fraction of sp³-hybridized carbons (Fsp3) is 0.227. The molecule has 0 saturated carbocycles. The minimum atomic E-state index is -0.206. The van der Waals surface area contributed by atoms with Gasteiger partial charge in [-0.05, 0) is 30.3 Å². The van der Waals surface area contributed by atoms with Crippen LogP contribution in [0.5, 0.6) is 5.75 Å². The van der Waals surface area contributed by atoms with Crippen molar-refractivity contribution in [2.75, 3.05) is 25.6 Å². The van der Waals surface area contributed by atoms with Crippen molar-refractivity contribution in [2.45, 2.75) is 13.3 Å². The number of benzene rings is 2. The van der Waals surface area contributed by atoms with Crippen molar-refractivity contribution in [1.29, 1.82) is 0 Å². The molecule has 29 heavy (non-hydrogen) atoms. The molecule has 0 saturated heterocycles. The molecule has 0 radical (unpaired) electrons. The lowest BCUT2D eigenvalue weighted by Gasteiger charge is -2.15. The summed E-state index contributed by atoms with van der Waals surface area (Å²) in [6.07, 6.45) is 3.90. The van der Waals surface area contributed by atoms with Gasteiger partial charge in [0.05, 0.1) is 17.1 Å². The monoisotopic (exact) mass is 454 g/mol. The highest BCUT2D eigenvalue weighted by Crippen LogP contribution is 2.24. The van der Waals surface area contributed by atoms with Gasteiger partial charge in [0.2, 0.25) is 0 Å². The highest BCUT2D eigenvalue weighted by atomic mass is 79.9. The van der Waals surface area contributed by atoms with Crippen LogP contribution in [0, 0.1) is 0 Å². The van der Waals surface area contributed by atoms with Gasteiger partial charge < -0.3 is 9.64 Å². The second-order valence-electron chi connectivity index (χ2n) is 6.62. The largest absolute Gasteiger partial charge is 0.489 e. The van der Waals surface area contributed by atoms with Crippen LogP contribution in [0.1, 0.15) is 18.3 Å². The maximum absolute atomic E-state index is 13.0. The van der Waals surface area contributed by atoms with Crippen LogP contribution in [-0.4, -0.2) is 36.6 Å². The molecule has 1 aromatic heterocycles. The zero-order valence-electron chi connectivity index (χ0n) is 16.7. The Morgan fingerprint density at radius 1 is 1.28 bits per heavy atom. The van der Waals surface area contributed by atoms with E-state index >= 15 is 0 Å². The Morgan fingerprint density at radius 3 is 2.76 bits per heavy atom. The Labute approximate surface area is 178 Å². The summed E-state index contributed by atoms with van der Waals surface area (Å²) in [5.41, 5.74) is 2.22. The first-order valence-corrected chi connectivity index (χ1v) is 10.0. The minimum Gasteiger partial charge on any atom is -0.489 e. The van der Waals surface area contributed by atoms with Gasteiger partial charge in [0, 0.05) is 42.3 Å². The maximum atomic E-state index is 13.0. The molecule has 7 heteroatoms. The van der Waals surface area contributed by atoms with E-state index in [0.717, 1.165) is 15.7 Å². The van der Waals surface area contributed by atoms with E-state index in [9.17, 15) is 4.79 Å². The number of fused-ring (bicyclic) bond motifs is 1. The van der Waals surface area contributed by atoms with Crippen LogP contribution in [-0.2, 0) is 6.42 Å². The fourth-order valence-corrected chi connectivity index (χ4v) is 3.21. The third-order valence-electron chi connectivity index (χ3n) is 4.37. The van der Waals surface area contributed by atoms with E-state index in [1.54, 1.807) is 18.4 Å². The number of aryl methyl sites for hydroxylation is 1. The SMILES string of the molecule is C=CCOc1cc(N(C)C)ccc1C=Nn1c(CC)nc2ccc(Br)cc2c1=O. The van der Waals surface area contributed by atoms with E-state index in [2.05, 4.69) is 32.6 Å². The smallest absolute Gasteiger partial charge is 0.282 e. The number of ether oxygens (including phenoxy) is 1. The Bertz CT molecular complexity index is 1140. The minimum absolute atomic E-state index is 0.206. The molecule has 0 aliphatic carbocycles. The van der Waals surface area contributed by atoms with Gasteiger partial charge in [0.1, 0.15) is 18.2 Å². The highest BCUT2D eigenvalue weighted by Gasteiger charge is 2.10. The molecule has 2 aromatic carbocycles. The zero-order valence-corrected chi connectivity index (χ0v) is 18.3. The molecule has 0 atom stereocenters. The van der Waals surface area contributed by atoms with Gasteiger partial charge in [-0.3, -0.25) is 4.79 Å². The molecule has 0 amide bonds. The number of rotatable bonds is 7. The molecule has 0 aliphatic heterocycles. The summed E-state index contributed by atoms with van der Waals surface area (Å²) >= 11 is 3.41. The normalized spacial score (nSPS) is 11.2. The maximum Gasteiger partial charge on any atom is 0.282 e. The van der Waals surface area contributed by atoms with E-state index in [0.29, 0.717) is 35.5 Å². The Balaban J connectivity index is 2.09. The molecule has 0 fully saturated rings. The summed E-state index contributed by atoms with van der Waals surface area (Å²) in [5.74, 6) is 1.27. The second-order valence-corrected chi connectivity index (χ2v) is 7.54. The van der Waals surface area contributed by atoms with Gasteiger partial charge in [-0.2, -0.15) is 9.78 Å². The lowest BCUT2D eigenvalue weighted by molar-refractivity contribution is 0.363. The van der Waals surface area contributed by atoms with Gasteiger partial charge in [-0.15, -0.1) is 0 Å². The van der Waals surface area contributed by atoms with Gasteiger partial charge in [0.15, 0.2) is 0 Å². The van der Waals surface area contributed by atoms with E-state index in [1.165, 1.54) is 4.68 Å². The average molecular weight is 455 g/mol. The van der Waals surface area contributed by atoms with Crippen LogP contribution in [0.3, 0.4) is 0 Å². The molecular weight excluding hydrogens is 432 g/mol. The van der Waals surface area contributed by atoms with Crippen molar-refractivity contribution in [2.24, 2.45) is 5.10 Å². The number of aromatic nitrogens is 2. The lowest BCUT2D eigenvalue weighted by atomic mass is 10.2. The topological polar surface area (TPSA) is 59.7 Å². The quantitative estimate of drug-likeness (QED) is 0.395. The van der Waals surface area contributed by atoms with Crippen molar-refractivity contribution in [3.05, 3.63) is 75.3 Å². The Hall–Kier alpha value is -2.93. The van der Waals surface area contributed by atoms with Crippen molar-refractivity contribution >= 4 is 38.7 Å². The molecule has 1 heterocycles. The summed E-state index contributed by atoms with van der Waals surface area (Å²) in [4.78, 5) is 19.6. The molecule has 0 unspecified atom stereocenters. The van der Waals surface area contributed by atoms with Crippen molar-refractivity contribution < 1.29 is 4.74 Å². The highest BCUT2D eigenvalue weighted by molar-refractivity contribution is 9.10. The van der Waals surface area contributed by atoms with Crippen LogP contribution in [0.15, 0.2) is 63.4 Å². The van der Waals surface area contributed by atoms with E-state index in [1.807, 2.05) is 56.3 Å². The summed E-state index contributed by atoms with van der Waals surface area (Å²) in [5, 5.41) is 4.97. The van der Waals surface area contributed by atoms with Crippen molar-refractivity contribution in [3.63, 3.8) is 0 Å². The second kappa shape index (κ2) is 9.05. The third kappa shape index (κ3) is 4.56. The number of halogens is 1. The van der Waals surface area contributed by atoms with Crippen molar-refractivity contribution in [1.82, 2.24) is 9.66 Å². The van der Waals surface area contributed by atoms with Crippen LogP contribution < -0.4 is 15.2 Å². The molecule has 6 nitrogen and oxygen atoms in total. The first-order valence-electron chi connectivity index (χ1n) is 9.25. The number of nitrogens with zero attached hydrogens (tertiary/aromatic N) is 4. The van der Waals surface area contributed by atoms with Crippen LogP contribution >= 0.6 is 15.9 Å². The molecule has 3 aromatic rings. The fourth-order valence-electron chi connectivity index (χ4n) is 2.84. The summed E-state index contributed by atoms with van der Waals surface area (Å²) in [6.45, 7) is 6.03. The number of hydrogen-bond donors (Lipinski definition) is 0. The molecule has 3 rings (SSSR count). The third-order valence-corrected chi connectivity index (χ3v) is 4.87. The van der Waals surface area contributed by atoms with Crippen LogP contribution in [0.2, 0.25) is 0 Å². The van der Waals surface area contributed by atoms with Crippen LogP contribution in [0.4, 0.5) is 5.69 Å². The molecule has 0 aliphatic rings. The predicted octanol–water partition coefficient (Wildman–Crippen LogP) is 4.23. The first kappa shape index (κ1) is 20.8. The summed E-state index contributed by atoms with van der Waals surface area (Å²) in [6, 6.07) is 11.3. The number of hydrogen-bond acceptors (Lipinski definition) is 5. The number of anilines is 1. The Morgan fingerprint density at radius 2 is 2.07 bits per heavy atom. The molecule has 150 valence electrons.